The third-order valence-corrected chi connectivity index (χ3v) is 6.44. The third kappa shape index (κ3) is 3.54. The first-order valence-corrected chi connectivity index (χ1v) is 8.71. The van der Waals surface area contributed by atoms with Crippen molar-refractivity contribution in [3.63, 3.8) is 0 Å². The second-order valence-corrected chi connectivity index (χ2v) is 7.85. The summed E-state index contributed by atoms with van der Waals surface area (Å²) in [4.78, 5) is 0. The molecule has 1 fully saturated rings. The van der Waals surface area contributed by atoms with Crippen LogP contribution in [-0.2, 0) is 10.0 Å². The van der Waals surface area contributed by atoms with Crippen molar-refractivity contribution in [1.29, 1.82) is 0 Å². The fourth-order valence-electron chi connectivity index (χ4n) is 2.39. The Morgan fingerprint density at radius 3 is 2.50 bits per heavy atom. The molecule has 0 amide bonds. The molecule has 1 aromatic rings. The first-order valence-electron chi connectivity index (χ1n) is 6.35. The van der Waals surface area contributed by atoms with Crippen LogP contribution in [0.3, 0.4) is 0 Å². The van der Waals surface area contributed by atoms with Crippen molar-refractivity contribution in [3.05, 3.63) is 17.5 Å². The second-order valence-electron chi connectivity index (χ2n) is 4.91. The van der Waals surface area contributed by atoms with Gasteiger partial charge in [-0.3, -0.25) is 0 Å². The van der Waals surface area contributed by atoms with E-state index in [1.54, 1.807) is 17.5 Å². The summed E-state index contributed by atoms with van der Waals surface area (Å²) >= 11 is 1.25. The fourth-order valence-corrected chi connectivity index (χ4v) is 4.54. The lowest BCUT2D eigenvalue weighted by atomic mass is 9.82. The Hall–Kier alpha value is -0.430. The van der Waals surface area contributed by atoms with E-state index in [9.17, 15) is 8.42 Å². The topological polar surface area (TPSA) is 72.2 Å². The van der Waals surface area contributed by atoms with E-state index in [2.05, 4.69) is 4.72 Å². The molecule has 0 atom stereocenters. The number of hydrogen-bond donors (Lipinski definition) is 2. The monoisotopic (exact) mass is 288 g/mol. The minimum atomic E-state index is -3.29. The predicted octanol–water partition coefficient (Wildman–Crippen LogP) is 1.79. The van der Waals surface area contributed by atoms with Crippen LogP contribution in [-0.4, -0.2) is 21.5 Å². The van der Waals surface area contributed by atoms with Crippen molar-refractivity contribution in [2.24, 2.45) is 17.6 Å². The van der Waals surface area contributed by atoms with Gasteiger partial charge in [-0.1, -0.05) is 6.07 Å². The van der Waals surface area contributed by atoms with Crippen molar-refractivity contribution in [2.75, 3.05) is 13.1 Å². The molecule has 2 rings (SSSR count). The van der Waals surface area contributed by atoms with Gasteiger partial charge in [0.2, 0.25) is 10.0 Å². The molecule has 4 nitrogen and oxygen atoms in total. The van der Waals surface area contributed by atoms with Gasteiger partial charge < -0.3 is 5.73 Å². The van der Waals surface area contributed by atoms with E-state index in [4.69, 9.17) is 5.73 Å². The van der Waals surface area contributed by atoms with Gasteiger partial charge in [0, 0.05) is 6.54 Å². The molecule has 18 heavy (non-hydrogen) atoms. The average Bonchev–Trinajstić information content (AvgIpc) is 2.92. The smallest absolute Gasteiger partial charge is 0.250 e. The molecule has 0 unspecified atom stereocenters. The number of rotatable bonds is 5. The summed E-state index contributed by atoms with van der Waals surface area (Å²) in [6.07, 6.45) is 4.41. The zero-order valence-electron chi connectivity index (χ0n) is 10.3. The molecule has 0 aromatic carbocycles. The molecule has 6 heteroatoms. The van der Waals surface area contributed by atoms with E-state index < -0.39 is 10.0 Å². The molecular weight excluding hydrogens is 268 g/mol. The third-order valence-electron chi connectivity index (χ3n) is 3.62. The van der Waals surface area contributed by atoms with Gasteiger partial charge in [0.25, 0.3) is 0 Å². The zero-order chi connectivity index (χ0) is 13.0. The quantitative estimate of drug-likeness (QED) is 0.867. The lowest BCUT2D eigenvalue weighted by Crippen LogP contribution is -2.32. The molecule has 1 saturated carbocycles. The molecule has 1 aliphatic rings. The first kappa shape index (κ1) is 14.0. The van der Waals surface area contributed by atoms with Crippen LogP contribution in [0, 0.1) is 11.8 Å². The molecule has 0 aliphatic heterocycles. The van der Waals surface area contributed by atoms with E-state index in [1.807, 2.05) is 0 Å². The van der Waals surface area contributed by atoms with Crippen LogP contribution in [0.5, 0.6) is 0 Å². The molecule has 0 saturated heterocycles. The van der Waals surface area contributed by atoms with Crippen molar-refractivity contribution in [3.8, 4) is 0 Å². The highest BCUT2D eigenvalue weighted by Gasteiger charge is 2.22. The normalized spacial score (nSPS) is 25.2. The van der Waals surface area contributed by atoms with Gasteiger partial charge in [-0.15, -0.1) is 11.3 Å². The van der Waals surface area contributed by atoms with Crippen molar-refractivity contribution in [1.82, 2.24) is 4.72 Å². The summed E-state index contributed by atoms with van der Waals surface area (Å²) in [5, 5.41) is 1.78. The van der Waals surface area contributed by atoms with Crippen molar-refractivity contribution in [2.45, 2.75) is 29.9 Å². The van der Waals surface area contributed by atoms with Crippen LogP contribution < -0.4 is 10.5 Å². The molecule has 102 valence electrons. The molecular formula is C12H20N2O2S2. The number of nitrogens with two attached hydrogens (primary N) is 1. The van der Waals surface area contributed by atoms with Crippen LogP contribution in [0.25, 0.3) is 0 Å². The van der Waals surface area contributed by atoms with Gasteiger partial charge in [-0.25, -0.2) is 13.1 Å². The Bertz CT molecular complexity index is 448. The van der Waals surface area contributed by atoms with Crippen molar-refractivity contribution < 1.29 is 8.42 Å². The zero-order valence-corrected chi connectivity index (χ0v) is 12.0. The largest absolute Gasteiger partial charge is 0.330 e. The standard InChI is InChI=1S/C12H20N2O2S2/c13-8-10-3-5-11(6-4-10)9-14-18(15,16)12-2-1-7-17-12/h1-2,7,10-11,14H,3-6,8-9,13H2. The van der Waals surface area contributed by atoms with E-state index in [1.165, 1.54) is 11.3 Å². The number of thiophene rings is 1. The Labute approximate surface area is 113 Å². The van der Waals surface area contributed by atoms with Gasteiger partial charge in [-0.05, 0) is 55.5 Å². The van der Waals surface area contributed by atoms with Crippen LogP contribution in [0.2, 0.25) is 0 Å². The summed E-state index contributed by atoms with van der Waals surface area (Å²) in [5.74, 6) is 1.10. The first-order chi connectivity index (χ1) is 8.62. The molecule has 1 heterocycles. The van der Waals surface area contributed by atoms with Gasteiger partial charge in [-0.2, -0.15) is 0 Å². The molecule has 0 bridgehead atoms. The number of nitrogens with one attached hydrogen (secondary N) is 1. The minimum Gasteiger partial charge on any atom is -0.330 e. The van der Waals surface area contributed by atoms with E-state index in [0.717, 1.165) is 32.2 Å². The Morgan fingerprint density at radius 2 is 1.94 bits per heavy atom. The lowest BCUT2D eigenvalue weighted by molar-refractivity contribution is 0.280. The van der Waals surface area contributed by atoms with Gasteiger partial charge in [0.1, 0.15) is 4.21 Å². The second kappa shape index (κ2) is 6.14. The highest BCUT2D eigenvalue weighted by molar-refractivity contribution is 7.91. The summed E-state index contributed by atoms with van der Waals surface area (Å²) in [6.45, 7) is 1.31. The highest BCUT2D eigenvalue weighted by atomic mass is 32.2. The maximum absolute atomic E-state index is 11.9. The van der Waals surface area contributed by atoms with Crippen molar-refractivity contribution >= 4 is 21.4 Å². The SMILES string of the molecule is NCC1CCC(CNS(=O)(=O)c2cccs2)CC1. The Balaban J connectivity index is 1.82. The van der Waals surface area contributed by atoms with Crippen LogP contribution in [0.15, 0.2) is 21.7 Å². The fraction of sp³-hybridized carbons (Fsp3) is 0.667. The molecule has 0 spiro atoms. The van der Waals surface area contributed by atoms with Crippen LogP contribution >= 0.6 is 11.3 Å². The average molecular weight is 288 g/mol. The maximum atomic E-state index is 11.9. The lowest BCUT2D eigenvalue weighted by Gasteiger charge is -2.27. The van der Waals surface area contributed by atoms with E-state index in [0.29, 0.717) is 22.6 Å². The summed E-state index contributed by atoms with van der Waals surface area (Å²) < 4.78 is 27.0. The molecule has 0 radical (unpaired) electrons. The highest BCUT2D eigenvalue weighted by Crippen LogP contribution is 2.28. The number of sulfonamides is 1. The maximum Gasteiger partial charge on any atom is 0.250 e. The summed E-state index contributed by atoms with van der Waals surface area (Å²) in [5.41, 5.74) is 5.65. The van der Waals surface area contributed by atoms with E-state index >= 15 is 0 Å². The minimum absolute atomic E-state index is 0.401. The predicted molar refractivity (Wildman–Crippen MR) is 74.0 cm³/mol. The van der Waals surface area contributed by atoms with Gasteiger partial charge in [0.05, 0.1) is 0 Å². The number of hydrogen-bond acceptors (Lipinski definition) is 4. The van der Waals surface area contributed by atoms with Gasteiger partial charge in [0.15, 0.2) is 0 Å². The summed E-state index contributed by atoms with van der Waals surface area (Å²) in [6, 6.07) is 3.39. The molecule has 1 aliphatic carbocycles. The van der Waals surface area contributed by atoms with Gasteiger partial charge >= 0.3 is 0 Å². The summed E-state index contributed by atoms with van der Waals surface area (Å²) in [7, 11) is -3.29. The van der Waals surface area contributed by atoms with E-state index in [-0.39, 0.29) is 0 Å². The molecule has 3 N–H and O–H groups in total. The van der Waals surface area contributed by atoms with Crippen LogP contribution in [0.1, 0.15) is 25.7 Å². The Kier molecular flexibility index (Phi) is 4.77. The Morgan fingerprint density at radius 1 is 1.28 bits per heavy atom. The van der Waals surface area contributed by atoms with Crippen LogP contribution in [0.4, 0.5) is 0 Å². The molecule has 1 aromatic heterocycles.